The first kappa shape index (κ1) is 19.0. The van der Waals surface area contributed by atoms with Crippen LogP contribution >= 0.6 is 11.3 Å². The minimum atomic E-state index is -0.315. The topological polar surface area (TPSA) is 67.8 Å². The maximum Gasteiger partial charge on any atom is 0.255 e. The summed E-state index contributed by atoms with van der Waals surface area (Å²) in [7, 11) is 0. The Morgan fingerprint density at radius 3 is 2.45 bits per heavy atom. The van der Waals surface area contributed by atoms with Crippen molar-refractivity contribution in [3.05, 3.63) is 95.9 Å². The van der Waals surface area contributed by atoms with Gasteiger partial charge in [0.2, 0.25) is 0 Å². The highest BCUT2D eigenvalue weighted by molar-refractivity contribution is 7.13. The third-order valence-corrected chi connectivity index (χ3v) is 5.67. The van der Waals surface area contributed by atoms with Gasteiger partial charge in [0.1, 0.15) is 10.8 Å². The molecule has 0 atom stereocenters. The Labute approximate surface area is 181 Å². The lowest BCUT2D eigenvalue weighted by Gasteiger charge is -2.10. The number of nitrogens with zero attached hydrogens (tertiary/aromatic N) is 3. The van der Waals surface area contributed by atoms with Gasteiger partial charge in [0, 0.05) is 34.5 Å². The van der Waals surface area contributed by atoms with E-state index in [1.165, 1.54) is 17.4 Å². The third-order valence-electron chi connectivity index (χ3n) is 4.79. The predicted octanol–water partition coefficient (Wildman–Crippen LogP) is 5.81. The molecule has 0 saturated carbocycles. The van der Waals surface area contributed by atoms with Crippen molar-refractivity contribution in [2.75, 3.05) is 5.32 Å². The Bertz CT molecular complexity index is 1420. The number of amides is 1. The van der Waals surface area contributed by atoms with Crippen LogP contribution in [0.5, 0.6) is 0 Å². The van der Waals surface area contributed by atoms with Gasteiger partial charge in [-0.1, -0.05) is 30.3 Å². The SMILES string of the molecule is O=C(Nc1ccccc1-c1csc(-c2ccccc2F)n1)c1ccc2nccnc2c1. The molecule has 5 rings (SSSR count). The number of anilines is 1. The molecule has 0 aliphatic rings. The van der Waals surface area contributed by atoms with Gasteiger partial charge < -0.3 is 5.32 Å². The number of para-hydroxylation sites is 1. The molecule has 150 valence electrons. The van der Waals surface area contributed by atoms with Crippen LogP contribution in [0.25, 0.3) is 32.9 Å². The van der Waals surface area contributed by atoms with E-state index in [0.717, 1.165) is 11.1 Å². The smallest absolute Gasteiger partial charge is 0.255 e. The number of thiazole rings is 1. The molecule has 2 aromatic heterocycles. The van der Waals surface area contributed by atoms with E-state index in [9.17, 15) is 9.18 Å². The van der Waals surface area contributed by atoms with Gasteiger partial charge in [-0.05, 0) is 36.4 Å². The first-order chi connectivity index (χ1) is 15.2. The van der Waals surface area contributed by atoms with Crippen LogP contribution in [0.3, 0.4) is 0 Å². The number of carbonyl (C=O) groups excluding carboxylic acids is 1. The second-order valence-corrected chi connectivity index (χ2v) is 7.64. The van der Waals surface area contributed by atoms with Crippen LogP contribution in [-0.2, 0) is 0 Å². The van der Waals surface area contributed by atoms with Crippen molar-refractivity contribution in [2.24, 2.45) is 0 Å². The van der Waals surface area contributed by atoms with E-state index < -0.39 is 0 Å². The Kier molecular flexibility index (Phi) is 4.93. The van der Waals surface area contributed by atoms with Gasteiger partial charge in [0.25, 0.3) is 5.91 Å². The van der Waals surface area contributed by atoms with Crippen molar-refractivity contribution in [1.29, 1.82) is 0 Å². The van der Waals surface area contributed by atoms with Crippen molar-refractivity contribution in [3.8, 4) is 21.8 Å². The van der Waals surface area contributed by atoms with Gasteiger partial charge in [-0.3, -0.25) is 14.8 Å². The van der Waals surface area contributed by atoms with E-state index in [1.54, 1.807) is 48.8 Å². The summed E-state index contributed by atoms with van der Waals surface area (Å²) in [6.45, 7) is 0. The van der Waals surface area contributed by atoms with Crippen molar-refractivity contribution >= 4 is 34.0 Å². The minimum absolute atomic E-state index is 0.260. The fraction of sp³-hybridized carbons (Fsp3) is 0. The summed E-state index contributed by atoms with van der Waals surface area (Å²) >= 11 is 1.36. The number of fused-ring (bicyclic) bond motifs is 1. The second-order valence-electron chi connectivity index (χ2n) is 6.78. The zero-order valence-electron chi connectivity index (χ0n) is 16.1. The van der Waals surface area contributed by atoms with E-state index in [-0.39, 0.29) is 11.7 Å². The monoisotopic (exact) mass is 426 g/mol. The molecule has 2 heterocycles. The van der Waals surface area contributed by atoms with Crippen LogP contribution < -0.4 is 5.32 Å². The molecule has 0 spiro atoms. The van der Waals surface area contributed by atoms with Gasteiger partial charge in [-0.2, -0.15) is 0 Å². The number of nitrogens with one attached hydrogen (secondary N) is 1. The number of carbonyl (C=O) groups is 1. The van der Waals surface area contributed by atoms with Crippen LogP contribution in [0.4, 0.5) is 10.1 Å². The lowest BCUT2D eigenvalue weighted by Crippen LogP contribution is -2.12. The Morgan fingerprint density at radius 2 is 1.61 bits per heavy atom. The number of hydrogen-bond donors (Lipinski definition) is 1. The maximum absolute atomic E-state index is 14.1. The summed E-state index contributed by atoms with van der Waals surface area (Å²) in [5.74, 6) is -0.575. The van der Waals surface area contributed by atoms with Crippen LogP contribution in [0, 0.1) is 5.82 Å². The normalized spacial score (nSPS) is 10.9. The van der Waals surface area contributed by atoms with Crippen LogP contribution in [0.2, 0.25) is 0 Å². The van der Waals surface area contributed by atoms with Crippen LogP contribution in [0.1, 0.15) is 10.4 Å². The highest BCUT2D eigenvalue weighted by Crippen LogP contribution is 2.33. The molecule has 0 aliphatic heterocycles. The molecule has 0 unspecified atom stereocenters. The number of halogens is 1. The molecule has 0 bridgehead atoms. The number of aromatic nitrogens is 3. The molecule has 31 heavy (non-hydrogen) atoms. The predicted molar refractivity (Wildman–Crippen MR) is 120 cm³/mol. The molecular weight excluding hydrogens is 411 g/mol. The highest BCUT2D eigenvalue weighted by Gasteiger charge is 2.15. The van der Waals surface area contributed by atoms with Gasteiger partial charge in [-0.25, -0.2) is 9.37 Å². The van der Waals surface area contributed by atoms with E-state index in [1.807, 2.05) is 29.6 Å². The quantitative estimate of drug-likeness (QED) is 0.394. The summed E-state index contributed by atoms with van der Waals surface area (Å²) in [5.41, 5.74) is 4.36. The Balaban J connectivity index is 1.46. The first-order valence-electron chi connectivity index (χ1n) is 9.51. The van der Waals surface area contributed by atoms with Crippen molar-refractivity contribution < 1.29 is 9.18 Å². The molecule has 1 amide bonds. The maximum atomic E-state index is 14.1. The summed E-state index contributed by atoms with van der Waals surface area (Å²) in [4.78, 5) is 26.0. The van der Waals surface area contributed by atoms with Crippen LogP contribution in [0.15, 0.2) is 84.5 Å². The Hall–Kier alpha value is -3.97. The summed E-state index contributed by atoms with van der Waals surface area (Å²) in [6.07, 6.45) is 3.20. The highest BCUT2D eigenvalue weighted by atomic mass is 32.1. The second kappa shape index (κ2) is 8.04. The molecule has 7 heteroatoms. The first-order valence-corrected chi connectivity index (χ1v) is 10.4. The molecule has 0 aliphatic carbocycles. The lowest BCUT2D eigenvalue weighted by atomic mass is 10.1. The molecular formula is C24H15FN4OS. The average molecular weight is 426 g/mol. The molecule has 5 aromatic rings. The molecule has 1 N–H and O–H groups in total. The molecule has 0 fully saturated rings. The number of benzene rings is 3. The van der Waals surface area contributed by atoms with E-state index in [4.69, 9.17) is 0 Å². The summed E-state index contributed by atoms with van der Waals surface area (Å²) < 4.78 is 14.1. The summed E-state index contributed by atoms with van der Waals surface area (Å²) in [5, 5.41) is 5.40. The molecule has 3 aromatic carbocycles. The van der Waals surface area contributed by atoms with Gasteiger partial charge in [0.15, 0.2) is 0 Å². The zero-order valence-corrected chi connectivity index (χ0v) is 16.9. The zero-order chi connectivity index (χ0) is 21.2. The third kappa shape index (κ3) is 3.78. The van der Waals surface area contributed by atoms with Gasteiger partial charge in [-0.15, -0.1) is 11.3 Å². The summed E-state index contributed by atoms with van der Waals surface area (Å²) in [6, 6.07) is 19.1. The van der Waals surface area contributed by atoms with E-state index >= 15 is 0 Å². The number of hydrogen-bond acceptors (Lipinski definition) is 5. The van der Waals surface area contributed by atoms with Crippen molar-refractivity contribution in [3.63, 3.8) is 0 Å². The van der Waals surface area contributed by atoms with Gasteiger partial charge in [0.05, 0.1) is 22.4 Å². The average Bonchev–Trinajstić information content (AvgIpc) is 3.29. The lowest BCUT2D eigenvalue weighted by molar-refractivity contribution is 0.102. The largest absolute Gasteiger partial charge is 0.321 e. The van der Waals surface area contributed by atoms with Crippen LogP contribution in [-0.4, -0.2) is 20.9 Å². The minimum Gasteiger partial charge on any atom is -0.321 e. The van der Waals surface area contributed by atoms with E-state index in [2.05, 4.69) is 20.3 Å². The van der Waals surface area contributed by atoms with Crippen molar-refractivity contribution in [2.45, 2.75) is 0 Å². The standard InChI is InChI=1S/C24H15FN4OS/c25-18-7-3-1-5-16(18)24-29-22(14-31-24)17-6-2-4-8-19(17)28-23(30)15-9-10-20-21(13-15)27-12-11-26-20/h1-14H,(H,28,30). The molecule has 0 radical (unpaired) electrons. The fourth-order valence-corrected chi connectivity index (χ4v) is 4.12. The van der Waals surface area contributed by atoms with Gasteiger partial charge >= 0.3 is 0 Å². The molecule has 0 saturated heterocycles. The number of rotatable bonds is 4. The van der Waals surface area contributed by atoms with E-state index in [0.29, 0.717) is 33.0 Å². The fourth-order valence-electron chi connectivity index (χ4n) is 3.27. The molecule has 5 nitrogen and oxygen atoms in total. The Morgan fingerprint density at radius 1 is 0.871 bits per heavy atom. The van der Waals surface area contributed by atoms with Crippen molar-refractivity contribution in [1.82, 2.24) is 15.0 Å².